The van der Waals surface area contributed by atoms with Crippen LogP contribution in [0.4, 0.5) is 5.00 Å². The van der Waals surface area contributed by atoms with E-state index in [0.717, 1.165) is 67.9 Å². The molecule has 2 aliphatic heterocycles. The number of nitrogens with one attached hydrogen (secondary N) is 1. The molecule has 1 aromatic heterocycles. The molecule has 4 rings (SSSR count). The molecule has 2 saturated heterocycles. The number of likely N-dealkylation sites (tertiary alicyclic amines) is 1. The van der Waals surface area contributed by atoms with Crippen LogP contribution >= 0.6 is 11.3 Å². The maximum Gasteiger partial charge on any atom is 0.261 e. The molecule has 1 N–H and O–H groups in total. The Morgan fingerprint density at radius 3 is 2.73 bits per heavy atom. The van der Waals surface area contributed by atoms with E-state index in [9.17, 15) is 4.79 Å². The molecule has 2 unspecified atom stereocenters. The average molecular weight is 428 g/mol. The predicted octanol–water partition coefficient (Wildman–Crippen LogP) is 4.10. The van der Waals surface area contributed by atoms with Gasteiger partial charge >= 0.3 is 0 Å². The van der Waals surface area contributed by atoms with Crippen LogP contribution in [0.3, 0.4) is 0 Å². The Hall–Kier alpha value is -1.89. The first kappa shape index (κ1) is 21.3. The van der Waals surface area contributed by atoms with Gasteiger partial charge in [-0.2, -0.15) is 0 Å². The second-order valence-electron chi connectivity index (χ2n) is 8.68. The molecule has 0 aliphatic carbocycles. The second kappa shape index (κ2) is 9.94. The molecule has 1 aromatic carbocycles. The summed E-state index contributed by atoms with van der Waals surface area (Å²) in [6.45, 7) is 10.8. The van der Waals surface area contributed by atoms with Crippen molar-refractivity contribution < 1.29 is 9.53 Å². The fourth-order valence-electron chi connectivity index (χ4n) is 4.50. The normalized spacial score (nSPS) is 21.4. The van der Waals surface area contributed by atoms with E-state index in [1.807, 2.05) is 6.07 Å². The van der Waals surface area contributed by atoms with Gasteiger partial charge in [0, 0.05) is 37.8 Å². The number of hydrogen-bond acceptors (Lipinski definition) is 5. The summed E-state index contributed by atoms with van der Waals surface area (Å²) in [7, 11) is 0. The third-order valence-corrected chi connectivity index (χ3v) is 7.16. The van der Waals surface area contributed by atoms with Crippen molar-refractivity contribution in [1.82, 2.24) is 10.2 Å². The van der Waals surface area contributed by atoms with Gasteiger partial charge in [0.25, 0.3) is 5.91 Å². The molecular formula is C24H33N3O2S. The lowest BCUT2D eigenvalue weighted by Gasteiger charge is -2.32. The topological polar surface area (TPSA) is 44.8 Å². The summed E-state index contributed by atoms with van der Waals surface area (Å²) in [6, 6.07) is 12.6. The molecular weight excluding hydrogens is 394 g/mol. The highest BCUT2D eigenvalue weighted by Gasteiger charge is 2.23. The molecule has 2 aliphatic rings. The standard InChI is InChI=1S/C24H33N3O2S/c1-18-7-6-10-26(16-18)17-19(2)25-23(28)22-15-21(20-8-4-3-5-9-20)24(30-22)27-11-13-29-14-12-27/h3-5,8-9,15,18-19H,6-7,10-14,16-17H2,1-2H3,(H,25,28). The van der Waals surface area contributed by atoms with Crippen molar-refractivity contribution >= 4 is 22.2 Å². The average Bonchev–Trinajstić information content (AvgIpc) is 3.21. The van der Waals surface area contributed by atoms with Crippen LogP contribution in [0.25, 0.3) is 11.1 Å². The van der Waals surface area contributed by atoms with Crippen molar-refractivity contribution in [2.24, 2.45) is 5.92 Å². The van der Waals surface area contributed by atoms with Gasteiger partial charge in [-0.3, -0.25) is 4.79 Å². The van der Waals surface area contributed by atoms with Gasteiger partial charge in [0.2, 0.25) is 0 Å². The van der Waals surface area contributed by atoms with Crippen LogP contribution in [0.1, 0.15) is 36.4 Å². The number of benzene rings is 1. The number of anilines is 1. The molecule has 2 aromatic rings. The summed E-state index contributed by atoms with van der Waals surface area (Å²) in [5, 5.41) is 4.41. The Labute approximate surface area is 184 Å². The molecule has 2 atom stereocenters. The number of rotatable bonds is 6. The molecule has 3 heterocycles. The van der Waals surface area contributed by atoms with Gasteiger partial charge in [0.1, 0.15) is 0 Å². The quantitative estimate of drug-likeness (QED) is 0.754. The predicted molar refractivity (Wildman–Crippen MR) is 125 cm³/mol. The number of piperidine rings is 1. The Morgan fingerprint density at radius 1 is 1.23 bits per heavy atom. The molecule has 0 bridgehead atoms. The smallest absolute Gasteiger partial charge is 0.261 e. The number of amides is 1. The van der Waals surface area contributed by atoms with Gasteiger partial charge in [-0.15, -0.1) is 11.3 Å². The van der Waals surface area contributed by atoms with Crippen LogP contribution in [-0.2, 0) is 4.74 Å². The highest BCUT2D eigenvalue weighted by molar-refractivity contribution is 7.18. The van der Waals surface area contributed by atoms with Crippen molar-refractivity contribution in [3.8, 4) is 11.1 Å². The van der Waals surface area contributed by atoms with E-state index in [-0.39, 0.29) is 11.9 Å². The van der Waals surface area contributed by atoms with Crippen LogP contribution in [0.2, 0.25) is 0 Å². The van der Waals surface area contributed by atoms with E-state index >= 15 is 0 Å². The Morgan fingerprint density at radius 2 is 2.00 bits per heavy atom. The highest BCUT2D eigenvalue weighted by atomic mass is 32.1. The largest absolute Gasteiger partial charge is 0.378 e. The number of carbonyl (C=O) groups is 1. The summed E-state index contributed by atoms with van der Waals surface area (Å²) < 4.78 is 5.53. The van der Waals surface area contributed by atoms with Gasteiger partial charge in [-0.25, -0.2) is 0 Å². The number of carbonyl (C=O) groups excluding carboxylic acids is 1. The van der Waals surface area contributed by atoms with Crippen molar-refractivity contribution in [3.05, 3.63) is 41.3 Å². The first-order valence-corrected chi connectivity index (χ1v) is 12.0. The number of nitrogens with zero attached hydrogens (tertiary/aromatic N) is 2. The van der Waals surface area contributed by atoms with Gasteiger partial charge in [-0.05, 0) is 43.9 Å². The number of thiophene rings is 1. The van der Waals surface area contributed by atoms with E-state index in [1.165, 1.54) is 17.8 Å². The Bertz CT molecular complexity index is 832. The lowest BCUT2D eigenvalue weighted by atomic mass is 10.00. The van der Waals surface area contributed by atoms with E-state index in [4.69, 9.17) is 4.74 Å². The number of ether oxygens (including phenoxy) is 1. The molecule has 0 spiro atoms. The molecule has 0 radical (unpaired) electrons. The molecule has 162 valence electrons. The fourth-order valence-corrected chi connectivity index (χ4v) is 5.63. The SMILES string of the molecule is CC1CCCN(CC(C)NC(=O)c2cc(-c3ccccc3)c(N3CCOCC3)s2)C1. The van der Waals surface area contributed by atoms with Crippen molar-refractivity contribution in [3.63, 3.8) is 0 Å². The minimum Gasteiger partial charge on any atom is -0.378 e. The Balaban J connectivity index is 1.48. The van der Waals surface area contributed by atoms with Gasteiger partial charge in [-0.1, -0.05) is 37.3 Å². The summed E-state index contributed by atoms with van der Waals surface area (Å²) >= 11 is 1.60. The maximum atomic E-state index is 13.1. The lowest BCUT2D eigenvalue weighted by molar-refractivity contribution is 0.0924. The van der Waals surface area contributed by atoms with Crippen LogP contribution in [0, 0.1) is 5.92 Å². The van der Waals surface area contributed by atoms with Gasteiger partial charge in [0.05, 0.1) is 23.1 Å². The van der Waals surface area contributed by atoms with Gasteiger partial charge < -0.3 is 19.9 Å². The zero-order chi connectivity index (χ0) is 20.9. The first-order chi connectivity index (χ1) is 14.6. The third kappa shape index (κ3) is 5.23. The number of hydrogen-bond donors (Lipinski definition) is 1. The molecule has 5 nitrogen and oxygen atoms in total. The molecule has 2 fully saturated rings. The fraction of sp³-hybridized carbons (Fsp3) is 0.542. The van der Waals surface area contributed by atoms with Crippen molar-refractivity contribution in [1.29, 1.82) is 0 Å². The summed E-state index contributed by atoms with van der Waals surface area (Å²) in [4.78, 5) is 18.7. The highest BCUT2D eigenvalue weighted by Crippen LogP contribution is 2.39. The van der Waals surface area contributed by atoms with Crippen LogP contribution < -0.4 is 10.2 Å². The number of morpholine rings is 1. The lowest BCUT2D eigenvalue weighted by Crippen LogP contribution is -2.45. The molecule has 6 heteroatoms. The summed E-state index contributed by atoms with van der Waals surface area (Å²) in [5.74, 6) is 0.790. The van der Waals surface area contributed by atoms with E-state index < -0.39 is 0 Å². The van der Waals surface area contributed by atoms with Crippen molar-refractivity contribution in [2.75, 3.05) is 50.8 Å². The van der Waals surface area contributed by atoms with E-state index in [2.05, 4.69) is 59.3 Å². The minimum atomic E-state index is 0.0363. The zero-order valence-electron chi connectivity index (χ0n) is 18.1. The van der Waals surface area contributed by atoms with Crippen LogP contribution in [-0.4, -0.2) is 62.8 Å². The van der Waals surface area contributed by atoms with Gasteiger partial charge in [0.15, 0.2) is 0 Å². The molecule has 30 heavy (non-hydrogen) atoms. The van der Waals surface area contributed by atoms with Crippen LogP contribution in [0.5, 0.6) is 0 Å². The third-order valence-electron chi connectivity index (χ3n) is 5.97. The summed E-state index contributed by atoms with van der Waals surface area (Å²) in [6.07, 6.45) is 2.58. The maximum absolute atomic E-state index is 13.1. The monoisotopic (exact) mass is 427 g/mol. The van der Waals surface area contributed by atoms with E-state index in [0.29, 0.717) is 0 Å². The van der Waals surface area contributed by atoms with E-state index in [1.54, 1.807) is 11.3 Å². The second-order valence-corrected chi connectivity index (χ2v) is 9.71. The molecule has 0 saturated carbocycles. The zero-order valence-corrected chi connectivity index (χ0v) is 18.9. The first-order valence-electron chi connectivity index (χ1n) is 11.2. The van der Waals surface area contributed by atoms with Crippen LogP contribution in [0.15, 0.2) is 36.4 Å². The summed E-state index contributed by atoms with van der Waals surface area (Å²) in [5.41, 5.74) is 2.30. The molecule has 1 amide bonds. The Kier molecular flexibility index (Phi) is 7.08. The van der Waals surface area contributed by atoms with Crippen molar-refractivity contribution in [2.45, 2.75) is 32.7 Å². The minimum absolute atomic E-state index is 0.0363.